The van der Waals surface area contributed by atoms with E-state index in [0.717, 1.165) is 6.42 Å². The highest BCUT2D eigenvalue weighted by Gasteiger charge is 2.36. The van der Waals surface area contributed by atoms with E-state index in [0.29, 0.717) is 18.9 Å². The third-order valence-electron chi connectivity index (χ3n) is 2.73. The molecule has 0 aromatic heterocycles. The first kappa shape index (κ1) is 13.8. The highest BCUT2D eigenvalue weighted by molar-refractivity contribution is 5.80. The lowest BCUT2D eigenvalue weighted by Gasteiger charge is -2.37. The van der Waals surface area contributed by atoms with Crippen LogP contribution in [0.2, 0.25) is 0 Å². The molecule has 17 heavy (non-hydrogen) atoms. The quantitative estimate of drug-likeness (QED) is 0.766. The number of rotatable bonds is 1. The fourth-order valence-electron chi connectivity index (χ4n) is 1.93. The van der Waals surface area contributed by atoms with Gasteiger partial charge in [-0.25, -0.2) is 9.59 Å². The second-order valence-electron chi connectivity index (χ2n) is 5.67. The molecule has 0 aromatic carbocycles. The Bertz CT molecular complexity index is 308. The Hall–Kier alpha value is -1.26. The van der Waals surface area contributed by atoms with Crippen molar-refractivity contribution in [1.82, 2.24) is 4.90 Å². The predicted octanol–water partition coefficient (Wildman–Crippen LogP) is 2.11. The fraction of sp³-hybridized carbons (Fsp3) is 0.833. The van der Waals surface area contributed by atoms with Crippen molar-refractivity contribution < 1.29 is 19.4 Å². The van der Waals surface area contributed by atoms with Crippen molar-refractivity contribution >= 4 is 12.1 Å². The van der Waals surface area contributed by atoms with Gasteiger partial charge in [0.2, 0.25) is 0 Å². The summed E-state index contributed by atoms with van der Waals surface area (Å²) in [5.74, 6) is -0.638. The van der Waals surface area contributed by atoms with Gasteiger partial charge in [-0.1, -0.05) is 6.92 Å². The van der Waals surface area contributed by atoms with Gasteiger partial charge in [0.25, 0.3) is 0 Å². The van der Waals surface area contributed by atoms with Crippen LogP contribution in [0.25, 0.3) is 0 Å². The normalized spacial score (nSPS) is 25.5. The van der Waals surface area contributed by atoms with E-state index in [9.17, 15) is 9.59 Å². The van der Waals surface area contributed by atoms with E-state index < -0.39 is 23.7 Å². The van der Waals surface area contributed by atoms with Crippen LogP contribution in [0.4, 0.5) is 4.79 Å². The van der Waals surface area contributed by atoms with Crippen LogP contribution in [0.15, 0.2) is 0 Å². The van der Waals surface area contributed by atoms with Gasteiger partial charge in [0.15, 0.2) is 0 Å². The number of nitrogens with zero attached hydrogens (tertiary/aromatic N) is 1. The lowest BCUT2D eigenvalue weighted by Crippen LogP contribution is -2.51. The number of hydrogen-bond donors (Lipinski definition) is 1. The molecule has 2 atom stereocenters. The minimum Gasteiger partial charge on any atom is -0.480 e. The Morgan fingerprint density at radius 3 is 2.35 bits per heavy atom. The minimum absolute atomic E-state index is 0.318. The monoisotopic (exact) mass is 243 g/mol. The zero-order valence-electron chi connectivity index (χ0n) is 10.9. The second kappa shape index (κ2) is 4.94. The summed E-state index contributed by atoms with van der Waals surface area (Å²) in [4.78, 5) is 24.3. The molecule has 1 aliphatic rings. The number of likely N-dealkylation sites (tertiary alicyclic amines) is 1. The third-order valence-corrected chi connectivity index (χ3v) is 2.73. The highest BCUT2D eigenvalue weighted by Crippen LogP contribution is 2.24. The molecular weight excluding hydrogens is 222 g/mol. The number of carbonyl (C=O) groups is 2. The smallest absolute Gasteiger partial charge is 0.411 e. The number of hydrogen-bond acceptors (Lipinski definition) is 3. The molecule has 0 aliphatic carbocycles. The molecule has 5 nitrogen and oxygen atoms in total. The van der Waals surface area contributed by atoms with Crippen LogP contribution in [0.3, 0.4) is 0 Å². The molecule has 1 rings (SSSR count). The van der Waals surface area contributed by atoms with Gasteiger partial charge in [0.05, 0.1) is 0 Å². The Morgan fingerprint density at radius 2 is 1.88 bits per heavy atom. The number of amides is 1. The number of piperidine rings is 1. The maximum Gasteiger partial charge on any atom is 0.411 e. The molecule has 98 valence electrons. The van der Waals surface area contributed by atoms with Crippen LogP contribution >= 0.6 is 0 Å². The SMILES string of the molecule is C[C@H]1CC[C@@H](C(=O)O)N(C(=O)OC(C)(C)C)C1. The molecule has 0 radical (unpaired) electrons. The van der Waals surface area contributed by atoms with E-state index in [1.807, 2.05) is 6.92 Å². The van der Waals surface area contributed by atoms with E-state index in [2.05, 4.69) is 0 Å². The van der Waals surface area contributed by atoms with Crippen molar-refractivity contribution in [3.63, 3.8) is 0 Å². The molecule has 1 aliphatic heterocycles. The van der Waals surface area contributed by atoms with Gasteiger partial charge in [0.1, 0.15) is 11.6 Å². The lowest BCUT2D eigenvalue weighted by molar-refractivity contribution is -0.144. The van der Waals surface area contributed by atoms with Gasteiger partial charge < -0.3 is 9.84 Å². The molecule has 1 saturated heterocycles. The first-order valence-corrected chi connectivity index (χ1v) is 5.93. The molecule has 1 heterocycles. The van der Waals surface area contributed by atoms with Crippen LogP contribution in [0.1, 0.15) is 40.5 Å². The largest absolute Gasteiger partial charge is 0.480 e. The standard InChI is InChI=1S/C12H21NO4/c1-8-5-6-9(10(14)15)13(7-8)11(16)17-12(2,3)4/h8-9H,5-7H2,1-4H3,(H,14,15)/t8-,9-/m0/s1. The molecule has 0 aromatic rings. The summed E-state index contributed by atoms with van der Waals surface area (Å²) < 4.78 is 5.23. The van der Waals surface area contributed by atoms with Crippen LogP contribution in [-0.2, 0) is 9.53 Å². The number of carboxylic acids is 1. The molecule has 1 fully saturated rings. The van der Waals surface area contributed by atoms with Gasteiger partial charge in [0, 0.05) is 6.54 Å². The first-order valence-electron chi connectivity index (χ1n) is 5.93. The summed E-state index contributed by atoms with van der Waals surface area (Å²) in [7, 11) is 0. The summed E-state index contributed by atoms with van der Waals surface area (Å²) in [6, 6.07) is -0.749. The van der Waals surface area contributed by atoms with E-state index in [4.69, 9.17) is 9.84 Å². The number of carbonyl (C=O) groups excluding carboxylic acids is 1. The van der Waals surface area contributed by atoms with Gasteiger partial charge in [-0.3, -0.25) is 4.90 Å². The summed E-state index contributed by atoms with van der Waals surface area (Å²) >= 11 is 0. The van der Waals surface area contributed by atoms with Crippen molar-refractivity contribution in [2.75, 3.05) is 6.54 Å². The first-order chi connectivity index (χ1) is 7.70. The molecule has 0 saturated carbocycles. The van der Waals surface area contributed by atoms with Crippen molar-refractivity contribution in [1.29, 1.82) is 0 Å². The van der Waals surface area contributed by atoms with Crippen LogP contribution in [0, 0.1) is 5.92 Å². The van der Waals surface area contributed by atoms with Crippen LogP contribution in [0.5, 0.6) is 0 Å². The summed E-state index contributed by atoms with van der Waals surface area (Å²) in [6.45, 7) is 7.78. The van der Waals surface area contributed by atoms with Crippen molar-refractivity contribution in [3.8, 4) is 0 Å². The summed E-state index contributed by atoms with van der Waals surface area (Å²) in [5, 5.41) is 9.09. The van der Waals surface area contributed by atoms with Gasteiger partial charge in [-0.05, 0) is 39.5 Å². The second-order valence-corrected chi connectivity index (χ2v) is 5.67. The average molecular weight is 243 g/mol. The van der Waals surface area contributed by atoms with Gasteiger partial charge >= 0.3 is 12.1 Å². The molecular formula is C12H21NO4. The molecule has 0 bridgehead atoms. The Kier molecular flexibility index (Phi) is 4.01. The Morgan fingerprint density at radius 1 is 1.29 bits per heavy atom. The molecule has 0 unspecified atom stereocenters. The fourth-order valence-corrected chi connectivity index (χ4v) is 1.93. The summed E-state index contributed by atoms with van der Waals surface area (Å²) in [6.07, 6.45) is 0.794. The van der Waals surface area contributed by atoms with E-state index in [1.165, 1.54) is 4.90 Å². The number of aliphatic carboxylic acids is 1. The Balaban J connectivity index is 2.75. The molecule has 5 heteroatoms. The molecule has 1 N–H and O–H groups in total. The van der Waals surface area contributed by atoms with Crippen LogP contribution < -0.4 is 0 Å². The van der Waals surface area contributed by atoms with Crippen LogP contribution in [-0.4, -0.2) is 40.3 Å². The number of ether oxygens (including phenoxy) is 1. The predicted molar refractivity (Wildman–Crippen MR) is 62.8 cm³/mol. The number of carboxylic acid groups (broad SMARTS) is 1. The maximum atomic E-state index is 11.9. The minimum atomic E-state index is -0.956. The topological polar surface area (TPSA) is 66.8 Å². The molecule has 0 spiro atoms. The van der Waals surface area contributed by atoms with Gasteiger partial charge in [-0.15, -0.1) is 0 Å². The van der Waals surface area contributed by atoms with Gasteiger partial charge in [-0.2, -0.15) is 0 Å². The van der Waals surface area contributed by atoms with E-state index in [1.54, 1.807) is 20.8 Å². The highest BCUT2D eigenvalue weighted by atomic mass is 16.6. The Labute approximate surface area is 102 Å². The summed E-state index contributed by atoms with van der Waals surface area (Å²) in [5.41, 5.74) is -0.596. The molecule has 1 amide bonds. The van der Waals surface area contributed by atoms with E-state index >= 15 is 0 Å². The average Bonchev–Trinajstić information content (AvgIpc) is 2.14. The zero-order chi connectivity index (χ0) is 13.2. The van der Waals surface area contributed by atoms with Crippen molar-refractivity contribution in [3.05, 3.63) is 0 Å². The van der Waals surface area contributed by atoms with E-state index in [-0.39, 0.29) is 0 Å². The van der Waals surface area contributed by atoms with Crippen molar-refractivity contribution in [2.24, 2.45) is 5.92 Å². The lowest BCUT2D eigenvalue weighted by atomic mass is 9.94. The third kappa shape index (κ3) is 3.91. The van der Waals surface area contributed by atoms with Crippen molar-refractivity contribution in [2.45, 2.75) is 52.2 Å². The zero-order valence-corrected chi connectivity index (χ0v) is 10.9. The maximum absolute atomic E-state index is 11.9.